The Hall–Kier alpha value is -3.16. The number of thiocarbonyl (C=S) groups is 1. The van der Waals surface area contributed by atoms with Crippen LogP contribution in [0.15, 0.2) is 48.5 Å². The van der Waals surface area contributed by atoms with Gasteiger partial charge in [0.25, 0.3) is 0 Å². The highest BCUT2D eigenvalue weighted by Crippen LogP contribution is 2.40. The topological polar surface area (TPSA) is 52.2 Å². The second kappa shape index (κ2) is 11.3. The fourth-order valence-corrected chi connectivity index (χ4v) is 5.23. The average molecular weight is 527 g/mol. The van der Waals surface area contributed by atoms with Crippen molar-refractivity contribution < 1.29 is 18.9 Å². The van der Waals surface area contributed by atoms with Gasteiger partial charge >= 0.3 is 0 Å². The molecule has 0 unspecified atom stereocenters. The second-order valence-electron chi connectivity index (χ2n) is 8.65. The molecule has 36 heavy (non-hydrogen) atoms. The normalized spacial score (nSPS) is 14.6. The average Bonchev–Trinajstić information content (AvgIpc) is 2.89. The Morgan fingerprint density at radius 1 is 0.917 bits per heavy atom. The van der Waals surface area contributed by atoms with Crippen LogP contribution >= 0.6 is 23.8 Å². The number of nitrogens with zero attached hydrogens (tertiary/aromatic N) is 1. The van der Waals surface area contributed by atoms with Gasteiger partial charge < -0.3 is 29.2 Å². The van der Waals surface area contributed by atoms with Gasteiger partial charge in [0.1, 0.15) is 0 Å². The van der Waals surface area contributed by atoms with Crippen LogP contribution in [-0.2, 0) is 12.8 Å². The van der Waals surface area contributed by atoms with Crippen LogP contribution in [0.3, 0.4) is 0 Å². The molecule has 4 rings (SSSR count). The Labute approximate surface area is 223 Å². The molecule has 1 atom stereocenters. The Morgan fingerprint density at radius 2 is 1.58 bits per heavy atom. The van der Waals surface area contributed by atoms with E-state index in [1.165, 1.54) is 5.56 Å². The molecule has 6 nitrogen and oxygen atoms in total. The zero-order valence-electron chi connectivity index (χ0n) is 21.2. The minimum atomic E-state index is -0.0285. The molecule has 1 N–H and O–H groups in total. The minimum absolute atomic E-state index is 0.0285. The van der Waals surface area contributed by atoms with Crippen molar-refractivity contribution in [1.29, 1.82) is 0 Å². The van der Waals surface area contributed by atoms with Crippen LogP contribution in [0.25, 0.3) is 0 Å². The fourth-order valence-electron chi connectivity index (χ4n) is 4.68. The number of nitrogens with one attached hydrogen (secondary N) is 1. The predicted octanol–water partition coefficient (Wildman–Crippen LogP) is 6.22. The van der Waals surface area contributed by atoms with Crippen molar-refractivity contribution in [1.82, 2.24) is 4.90 Å². The number of hydrogen-bond acceptors (Lipinski definition) is 5. The van der Waals surface area contributed by atoms with Crippen LogP contribution in [0.2, 0.25) is 5.02 Å². The van der Waals surface area contributed by atoms with Crippen molar-refractivity contribution in [3.63, 3.8) is 0 Å². The molecule has 0 aliphatic carbocycles. The van der Waals surface area contributed by atoms with Gasteiger partial charge in [-0.2, -0.15) is 0 Å². The van der Waals surface area contributed by atoms with Gasteiger partial charge in [0, 0.05) is 17.3 Å². The molecule has 1 aliphatic rings. The van der Waals surface area contributed by atoms with E-state index in [0.717, 1.165) is 41.1 Å². The molecule has 0 aromatic heterocycles. The lowest BCUT2D eigenvalue weighted by Gasteiger charge is -2.40. The van der Waals surface area contributed by atoms with Crippen molar-refractivity contribution in [3.05, 3.63) is 75.8 Å². The van der Waals surface area contributed by atoms with E-state index >= 15 is 0 Å². The second-order valence-corrected chi connectivity index (χ2v) is 9.47. The van der Waals surface area contributed by atoms with Gasteiger partial charge in [0.15, 0.2) is 28.1 Å². The molecule has 0 amide bonds. The lowest BCUT2D eigenvalue weighted by molar-refractivity contribution is 0.295. The fraction of sp³-hybridized carbons (Fsp3) is 0.321. The largest absolute Gasteiger partial charge is 0.493 e. The highest BCUT2D eigenvalue weighted by Gasteiger charge is 2.31. The Balaban J connectivity index is 1.73. The SMILES string of the molecule is COc1ccc(C[C@@H]2c3cc(OC)c(OC)cc3CCN2C(=S)Nc2ccc(Cl)cc2C)cc1OC. The number of ether oxygens (including phenoxy) is 4. The van der Waals surface area contributed by atoms with Crippen molar-refractivity contribution in [2.24, 2.45) is 0 Å². The number of aryl methyl sites for hydroxylation is 1. The van der Waals surface area contributed by atoms with E-state index in [4.69, 9.17) is 42.8 Å². The van der Waals surface area contributed by atoms with Crippen LogP contribution in [0.4, 0.5) is 5.69 Å². The molecule has 3 aromatic carbocycles. The quantitative estimate of drug-likeness (QED) is 0.367. The van der Waals surface area contributed by atoms with E-state index in [0.29, 0.717) is 33.8 Å². The molecule has 0 bridgehead atoms. The maximum absolute atomic E-state index is 6.16. The molecule has 1 heterocycles. The maximum atomic E-state index is 6.16. The molecule has 3 aromatic rings. The Kier molecular flexibility index (Phi) is 8.11. The van der Waals surface area contributed by atoms with E-state index in [-0.39, 0.29) is 6.04 Å². The summed E-state index contributed by atoms with van der Waals surface area (Å²) in [5.41, 5.74) is 5.46. The molecule has 0 saturated carbocycles. The summed E-state index contributed by atoms with van der Waals surface area (Å²) in [6, 6.07) is 15.9. The smallest absolute Gasteiger partial charge is 0.173 e. The Morgan fingerprint density at radius 3 is 2.25 bits per heavy atom. The summed E-state index contributed by atoms with van der Waals surface area (Å²) in [5, 5.41) is 4.80. The van der Waals surface area contributed by atoms with Crippen LogP contribution in [-0.4, -0.2) is 45.0 Å². The van der Waals surface area contributed by atoms with E-state index in [9.17, 15) is 0 Å². The first-order valence-electron chi connectivity index (χ1n) is 11.7. The molecule has 0 fully saturated rings. The third-order valence-electron chi connectivity index (χ3n) is 6.57. The first-order chi connectivity index (χ1) is 17.4. The van der Waals surface area contributed by atoms with E-state index in [1.807, 2.05) is 37.3 Å². The van der Waals surface area contributed by atoms with Crippen LogP contribution < -0.4 is 24.3 Å². The molecule has 0 spiro atoms. The number of benzene rings is 3. The summed E-state index contributed by atoms with van der Waals surface area (Å²) in [6.07, 6.45) is 1.55. The van der Waals surface area contributed by atoms with Gasteiger partial charge in [0.05, 0.1) is 34.5 Å². The number of halogens is 1. The number of anilines is 1. The van der Waals surface area contributed by atoms with Gasteiger partial charge in [0.2, 0.25) is 0 Å². The zero-order chi connectivity index (χ0) is 25.8. The summed E-state index contributed by atoms with van der Waals surface area (Å²) in [7, 11) is 6.60. The monoisotopic (exact) mass is 526 g/mol. The summed E-state index contributed by atoms with van der Waals surface area (Å²) >= 11 is 12.1. The zero-order valence-corrected chi connectivity index (χ0v) is 22.8. The van der Waals surface area contributed by atoms with Gasteiger partial charge in [-0.1, -0.05) is 17.7 Å². The van der Waals surface area contributed by atoms with Crippen molar-refractivity contribution >= 4 is 34.6 Å². The number of methoxy groups -OCH3 is 4. The molecular weight excluding hydrogens is 496 g/mol. The summed E-state index contributed by atoms with van der Waals surface area (Å²) in [5.74, 6) is 2.82. The maximum Gasteiger partial charge on any atom is 0.173 e. The van der Waals surface area contributed by atoms with Crippen molar-refractivity contribution in [2.45, 2.75) is 25.8 Å². The van der Waals surface area contributed by atoms with Crippen LogP contribution in [0, 0.1) is 6.92 Å². The lowest BCUT2D eigenvalue weighted by atomic mass is 9.88. The summed E-state index contributed by atoms with van der Waals surface area (Å²) in [6.45, 7) is 2.78. The van der Waals surface area contributed by atoms with E-state index in [1.54, 1.807) is 28.4 Å². The third kappa shape index (κ3) is 5.32. The van der Waals surface area contributed by atoms with Crippen LogP contribution in [0.5, 0.6) is 23.0 Å². The minimum Gasteiger partial charge on any atom is -0.493 e. The highest BCUT2D eigenvalue weighted by atomic mass is 35.5. The van der Waals surface area contributed by atoms with Gasteiger partial charge in [-0.25, -0.2) is 0 Å². The molecule has 190 valence electrons. The molecule has 8 heteroatoms. The molecular formula is C28H31ClN2O4S. The van der Waals surface area contributed by atoms with E-state index in [2.05, 4.69) is 28.4 Å². The third-order valence-corrected chi connectivity index (χ3v) is 7.14. The van der Waals surface area contributed by atoms with E-state index < -0.39 is 0 Å². The lowest BCUT2D eigenvalue weighted by Crippen LogP contribution is -2.43. The Bertz CT molecular complexity index is 1270. The number of fused-ring (bicyclic) bond motifs is 1. The van der Waals surface area contributed by atoms with Crippen LogP contribution in [0.1, 0.15) is 28.3 Å². The molecule has 0 saturated heterocycles. The van der Waals surface area contributed by atoms with Gasteiger partial charge in [-0.3, -0.25) is 0 Å². The first-order valence-corrected chi connectivity index (χ1v) is 12.5. The number of hydrogen-bond donors (Lipinski definition) is 1. The van der Waals surface area contributed by atoms with Crippen molar-refractivity contribution in [3.8, 4) is 23.0 Å². The highest BCUT2D eigenvalue weighted by molar-refractivity contribution is 7.80. The van der Waals surface area contributed by atoms with Gasteiger partial charge in [-0.15, -0.1) is 0 Å². The summed E-state index contributed by atoms with van der Waals surface area (Å²) in [4.78, 5) is 2.24. The summed E-state index contributed by atoms with van der Waals surface area (Å²) < 4.78 is 22.2. The van der Waals surface area contributed by atoms with Gasteiger partial charge in [-0.05, 0) is 96.7 Å². The first kappa shape index (κ1) is 25.9. The molecule has 0 radical (unpaired) electrons. The van der Waals surface area contributed by atoms with Crippen molar-refractivity contribution in [2.75, 3.05) is 40.3 Å². The molecule has 1 aliphatic heterocycles. The predicted molar refractivity (Wildman–Crippen MR) is 148 cm³/mol. The number of rotatable bonds is 7. The standard InChI is InChI=1S/C28H31ClN2O4S/c1-17-12-20(29)7-8-22(17)30-28(36)31-11-10-19-15-26(34-4)27(35-5)16-21(19)23(31)13-18-6-9-24(32-2)25(14-18)33-3/h6-9,12,14-16,23H,10-11,13H2,1-5H3,(H,30,36)/t23-/m1/s1.